The molecule has 122 valence electrons. The minimum Gasteiger partial charge on any atom is -0.515 e. The minimum absolute atomic E-state index is 0.0587. The van der Waals surface area contributed by atoms with E-state index in [4.69, 9.17) is 9.53 Å². The minimum atomic E-state index is -2.43. The summed E-state index contributed by atoms with van der Waals surface area (Å²) in [7, 11) is -2.43. The second-order valence-corrected chi connectivity index (χ2v) is 12.3. The lowest BCUT2D eigenvalue weighted by atomic mass is 10.1. The SMILES string of the molecule is CCCC(C)(C)[Si](OC(=O)/C=C\C(=O)O)(C(C)C)C(C)C. The molecule has 0 saturated carbocycles. The number of rotatable bonds is 8. The van der Waals surface area contributed by atoms with Crippen molar-refractivity contribution in [2.45, 2.75) is 77.4 Å². The van der Waals surface area contributed by atoms with Crippen LogP contribution in [0.3, 0.4) is 0 Å². The number of hydrogen-bond acceptors (Lipinski definition) is 3. The Bertz CT molecular complexity index is 389. The van der Waals surface area contributed by atoms with Gasteiger partial charge >= 0.3 is 11.9 Å². The summed E-state index contributed by atoms with van der Waals surface area (Å²) in [6, 6.07) is 0. The van der Waals surface area contributed by atoms with Gasteiger partial charge in [0, 0.05) is 12.2 Å². The zero-order chi connectivity index (χ0) is 16.8. The molecule has 0 aromatic heterocycles. The Morgan fingerprint density at radius 3 is 1.95 bits per heavy atom. The van der Waals surface area contributed by atoms with E-state index in [9.17, 15) is 9.59 Å². The Morgan fingerprint density at radius 1 is 1.14 bits per heavy atom. The average molecular weight is 314 g/mol. The van der Waals surface area contributed by atoms with Crippen LogP contribution in [-0.2, 0) is 14.0 Å². The van der Waals surface area contributed by atoms with Gasteiger partial charge in [-0.1, -0.05) is 54.9 Å². The molecule has 0 spiro atoms. The topological polar surface area (TPSA) is 63.6 Å². The third-order valence-corrected chi connectivity index (χ3v) is 10.6. The summed E-state index contributed by atoms with van der Waals surface area (Å²) < 4.78 is 5.98. The first-order valence-electron chi connectivity index (χ1n) is 7.65. The monoisotopic (exact) mass is 314 g/mol. The molecule has 21 heavy (non-hydrogen) atoms. The Labute approximate surface area is 129 Å². The van der Waals surface area contributed by atoms with E-state index in [-0.39, 0.29) is 16.1 Å². The fraction of sp³-hybridized carbons (Fsp3) is 0.750. The molecule has 0 heterocycles. The molecule has 0 unspecified atom stereocenters. The number of carbonyl (C=O) groups excluding carboxylic acids is 1. The summed E-state index contributed by atoms with van der Waals surface area (Å²) in [5.41, 5.74) is 0.530. The van der Waals surface area contributed by atoms with Gasteiger partial charge in [-0.2, -0.15) is 0 Å². The zero-order valence-corrected chi connectivity index (χ0v) is 15.4. The first-order valence-corrected chi connectivity index (χ1v) is 9.71. The van der Waals surface area contributed by atoms with Crippen molar-refractivity contribution in [3.63, 3.8) is 0 Å². The van der Waals surface area contributed by atoms with Crippen LogP contribution in [0.25, 0.3) is 0 Å². The summed E-state index contributed by atoms with van der Waals surface area (Å²) in [4.78, 5) is 22.6. The van der Waals surface area contributed by atoms with E-state index in [0.717, 1.165) is 25.0 Å². The van der Waals surface area contributed by atoms with E-state index in [2.05, 4.69) is 48.5 Å². The zero-order valence-electron chi connectivity index (χ0n) is 14.4. The maximum atomic E-state index is 12.1. The van der Waals surface area contributed by atoms with Crippen molar-refractivity contribution in [1.29, 1.82) is 0 Å². The summed E-state index contributed by atoms with van der Waals surface area (Å²) in [5, 5.41) is 8.58. The third-order valence-electron chi connectivity index (χ3n) is 4.28. The first kappa shape index (κ1) is 19.9. The summed E-state index contributed by atoms with van der Waals surface area (Å²) in [6.45, 7) is 14.9. The van der Waals surface area contributed by atoms with E-state index >= 15 is 0 Å². The smallest absolute Gasteiger partial charge is 0.328 e. The molecule has 0 fully saturated rings. The highest BCUT2D eigenvalue weighted by molar-refractivity contribution is 6.80. The molecule has 0 aromatic carbocycles. The number of carboxylic acids is 1. The second-order valence-electron chi connectivity index (χ2n) is 6.83. The highest BCUT2D eigenvalue weighted by Crippen LogP contribution is 2.53. The predicted molar refractivity (Wildman–Crippen MR) is 87.8 cm³/mol. The number of carbonyl (C=O) groups is 2. The molecular formula is C16H30O4Si. The quantitative estimate of drug-likeness (QED) is 0.528. The van der Waals surface area contributed by atoms with Crippen molar-refractivity contribution in [3.05, 3.63) is 12.2 Å². The lowest BCUT2D eigenvalue weighted by Gasteiger charge is -2.49. The van der Waals surface area contributed by atoms with Gasteiger partial charge in [0.25, 0.3) is 8.32 Å². The highest BCUT2D eigenvalue weighted by Gasteiger charge is 2.56. The summed E-state index contributed by atoms with van der Waals surface area (Å²) in [5.74, 6) is -1.67. The lowest BCUT2D eigenvalue weighted by molar-refractivity contribution is -0.133. The second kappa shape index (κ2) is 7.78. The van der Waals surface area contributed by atoms with Crippen molar-refractivity contribution >= 4 is 20.3 Å². The van der Waals surface area contributed by atoms with Gasteiger partial charge in [0.1, 0.15) is 0 Å². The Balaban J connectivity index is 5.61. The van der Waals surface area contributed by atoms with E-state index in [1.165, 1.54) is 0 Å². The highest BCUT2D eigenvalue weighted by atomic mass is 28.4. The van der Waals surface area contributed by atoms with Crippen LogP contribution in [0.2, 0.25) is 16.1 Å². The van der Waals surface area contributed by atoms with Crippen LogP contribution in [0.1, 0.15) is 61.3 Å². The van der Waals surface area contributed by atoms with Gasteiger partial charge in [0.15, 0.2) is 0 Å². The largest absolute Gasteiger partial charge is 0.515 e. The molecule has 4 nitrogen and oxygen atoms in total. The van der Waals surface area contributed by atoms with Gasteiger partial charge in [-0.3, -0.25) is 0 Å². The van der Waals surface area contributed by atoms with E-state index in [1.54, 1.807) is 0 Å². The molecule has 0 aliphatic carbocycles. The molecule has 0 amide bonds. The van der Waals surface area contributed by atoms with Gasteiger partial charge in [-0.15, -0.1) is 0 Å². The van der Waals surface area contributed by atoms with Crippen LogP contribution < -0.4 is 0 Å². The van der Waals surface area contributed by atoms with E-state index < -0.39 is 20.3 Å². The van der Waals surface area contributed by atoms with Gasteiger partial charge in [-0.25, -0.2) is 9.59 Å². The van der Waals surface area contributed by atoms with Crippen LogP contribution in [0, 0.1) is 0 Å². The molecule has 0 rings (SSSR count). The van der Waals surface area contributed by atoms with Crippen LogP contribution in [-0.4, -0.2) is 25.4 Å². The molecule has 0 aromatic rings. The third kappa shape index (κ3) is 4.70. The molecule has 1 N–H and O–H groups in total. The molecule has 0 bridgehead atoms. The van der Waals surface area contributed by atoms with Gasteiger partial charge in [0.05, 0.1) is 0 Å². The van der Waals surface area contributed by atoms with E-state index in [0.29, 0.717) is 0 Å². The van der Waals surface area contributed by atoms with Crippen molar-refractivity contribution < 1.29 is 19.1 Å². The fourth-order valence-corrected chi connectivity index (χ4v) is 10.0. The Morgan fingerprint density at radius 2 is 1.62 bits per heavy atom. The molecule has 0 aliphatic heterocycles. The van der Waals surface area contributed by atoms with Crippen LogP contribution >= 0.6 is 0 Å². The molecular weight excluding hydrogens is 284 g/mol. The van der Waals surface area contributed by atoms with Crippen LogP contribution in [0.5, 0.6) is 0 Å². The van der Waals surface area contributed by atoms with Crippen LogP contribution in [0.4, 0.5) is 0 Å². The summed E-state index contributed by atoms with van der Waals surface area (Å²) in [6.07, 6.45) is 3.89. The van der Waals surface area contributed by atoms with Crippen molar-refractivity contribution in [3.8, 4) is 0 Å². The molecule has 0 radical (unpaired) electrons. The van der Waals surface area contributed by atoms with Gasteiger partial charge in [0.2, 0.25) is 0 Å². The van der Waals surface area contributed by atoms with E-state index in [1.807, 2.05) is 0 Å². The molecule has 0 atom stereocenters. The van der Waals surface area contributed by atoms with Gasteiger partial charge < -0.3 is 9.53 Å². The first-order chi connectivity index (χ1) is 9.51. The number of hydrogen-bond donors (Lipinski definition) is 1. The molecule has 5 heteroatoms. The van der Waals surface area contributed by atoms with Crippen molar-refractivity contribution in [2.75, 3.05) is 0 Å². The Kier molecular flexibility index (Phi) is 7.37. The maximum Gasteiger partial charge on any atom is 0.328 e. The molecule has 0 saturated heterocycles. The van der Waals surface area contributed by atoms with Crippen LogP contribution in [0.15, 0.2) is 12.2 Å². The normalized spacial score (nSPS) is 13.2. The molecule has 0 aliphatic rings. The van der Waals surface area contributed by atoms with Gasteiger partial charge in [-0.05, 0) is 22.5 Å². The lowest BCUT2D eigenvalue weighted by Crippen LogP contribution is -2.54. The van der Waals surface area contributed by atoms with Crippen molar-refractivity contribution in [1.82, 2.24) is 0 Å². The summed E-state index contributed by atoms with van der Waals surface area (Å²) >= 11 is 0. The Hall–Kier alpha value is -1.10. The predicted octanol–water partition coefficient (Wildman–Crippen LogP) is 4.52. The average Bonchev–Trinajstić information content (AvgIpc) is 2.31. The van der Waals surface area contributed by atoms with Crippen molar-refractivity contribution in [2.24, 2.45) is 0 Å². The number of aliphatic carboxylic acids is 1. The standard InChI is InChI=1S/C16H30O4Si/c1-8-11-16(6,7)21(12(2)3,13(4)5)20-15(19)10-9-14(17)18/h9-10,12-13H,8,11H2,1-7H3,(H,17,18)/b10-9-. The maximum absolute atomic E-state index is 12.1. The fourth-order valence-electron chi connectivity index (χ4n) is 3.76. The number of carboxylic acid groups (broad SMARTS) is 1.